The van der Waals surface area contributed by atoms with E-state index >= 15 is 0 Å². The molecule has 0 saturated carbocycles. The Bertz CT molecular complexity index is 556. The van der Waals surface area contributed by atoms with Gasteiger partial charge in [-0.1, -0.05) is 30.2 Å². The van der Waals surface area contributed by atoms with Gasteiger partial charge in [-0.05, 0) is 25.0 Å². The van der Waals surface area contributed by atoms with Crippen molar-refractivity contribution in [2.75, 3.05) is 0 Å². The second kappa shape index (κ2) is 4.53. The zero-order valence-corrected chi connectivity index (χ0v) is 10.4. The van der Waals surface area contributed by atoms with Crippen LogP contribution in [-0.4, -0.2) is 22.8 Å². The van der Waals surface area contributed by atoms with E-state index in [1.807, 2.05) is 31.2 Å². The van der Waals surface area contributed by atoms with Gasteiger partial charge < -0.3 is 5.73 Å². The summed E-state index contributed by atoms with van der Waals surface area (Å²) in [4.78, 5) is 17.2. The Kier molecular flexibility index (Phi) is 3.07. The third kappa shape index (κ3) is 1.84. The number of aryl methyl sites for hydroxylation is 1. The van der Waals surface area contributed by atoms with Gasteiger partial charge in [-0.3, -0.25) is 4.90 Å². The van der Waals surface area contributed by atoms with E-state index in [2.05, 4.69) is 10.9 Å². The standard InChI is InChI=1S/C14H15N3O/c1-4-10(3)17-12(13(15)16-14(17)18)11-8-6-5-7-9(11)2/h1,5-8,10,12H,2-3H3,(H2,15,16,18). The van der Waals surface area contributed by atoms with Crippen LogP contribution in [0.25, 0.3) is 0 Å². The number of hydrogen-bond donors (Lipinski definition) is 1. The molecule has 1 aromatic carbocycles. The van der Waals surface area contributed by atoms with Crippen molar-refractivity contribution in [3.63, 3.8) is 0 Å². The molecule has 0 aromatic heterocycles. The average molecular weight is 241 g/mol. The van der Waals surface area contributed by atoms with Crippen molar-refractivity contribution in [1.82, 2.24) is 4.90 Å². The zero-order valence-electron chi connectivity index (χ0n) is 10.4. The molecule has 92 valence electrons. The molecule has 4 nitrogen and oxygen atoms in total. The molecule has 0 spiro atoms. The van der Waals surface area contributed by atoms with Crippen LogP contribution in [0.2, 0.25) is 0 Å². The van der Waals surface area contributed by atoms with Crippen molar-refractivity contribution in [2.45, 2.75) is 25.9 Å². The van der Waals surface area contributed by atoms with E-state index in [1.165, 1.54) is 4.90 Å². The van der Waals surface area contributed by atoms with Crippen molar-refractivity contribution in [3.05, 3.63) is 35.4 Å². The zero-order chi connectivity index (χ0) is 13.3. The first kappa shape index (κ1) is 12.2. The van der Waals surface area contributed by atoms with Gasteiger partial charge in [0.05, 0.1) is 6.04 Å². The van der Waals surface area contributed by atoms with Crippen LogP contribution in [0.5, 0.6) is 0 Å². The fraction of sp³-hybridized carbons (Fsp3) is 0.286. The number of terminal acetylenes is 1. The maximum absolute atomic E-state index is 11.8. The molecule has 0 fully saturated rings. The number of aliphatic imine (C=N–C) groups is 1. The summed E-state index contributed by atoms with van der Waals surface area (Å²) < 4.78 is 0. The minimum Gasteiger partial charge on any atom is -0.385 e. The first-order chi connectivity index (χ1) is 8.56. The van der Waals surface area contributed by atoms with Gasteiger partial charge >= 0.3 is 6.03 Å². The molecule has 0 saturated heterocycles. The molecule has 1 aliphatic rings. The number of amides is 2. The second-order valence-corrected chi connectivity index (χ2v) is 4.33. The number of hydrogen-bond acceptors (Lipinski definition) is 2. The highest BCUT2D eigenvalue weighted by atomic mass is 16.2. The highest BCUT2D eigenvalue weighted by Crippen LogP contribution is 2.30. The predicted molar refractivity (Wildman–Crippen MR) is 71.1 cm³/mol. The van der Waals surface area contributed by atoms with Gasteiger partial charge in [0, 0.05) is 0 Å². The van der Waals surface area contributed by atoms with Gasteiger partial charge in [0.25, 0.3) is 0 Å². The largest absolute Gasteiger partial charge is 0.385 e. The summed E-state index contributed by atoms with van der Waals surface area (Å²) in [5, 5.41) is 0. The highest BCUT2D eigenvalue weighted by Gasteiger charge is 2.37. The molecule has 1 aliphatic heterocycles. The van der Waals surface area contributed by atoms with Crippen LogP contribution in [0.4, 0.5) is 4.79 Å². The van der Waals surface area contributed by atoms with E-state index in [0.717, 1.165) is 11.1 Å². The monoisotopic (exact) mass is 241 g/mol. The Hall–Kier alpha value is -2.28. The van der Waals surface area contributed by atoms with Crippen molar-refractivity contribution < 1.29 is 4.79 Å². The number of nitrogens with zero attached hydrogens (tertiary/aromatic N) is 2. The first-order valence-electron chi connectivity index (χ1n) is 5.74. The molecule has 0 aliphatic carbocycles. The van der Waals surface area contributed by atoms with Crippen LogP contribution < -0.4 is 5.73 Å². The van der Waals surface area contributed by atoms with Crippen LogP contribution in [-0.2, 0) is 0 Å². The number of carbonyl (C=O) groups is 1. The minimum atomic E-state index is -0.369. The second-order valence-electron chi connectivity index (χ2n) is 4.33. The predicted octanol–water partition coefficient (Wildman–Crippen LogP) is 1.85. The summed E-state index contributed by atoms with van der Waals surface area (Å²) in [5.41, 5.74) is 7.90. The van der Waals surface area contributed by atoms with Crippen LogP contribution in [0.15, 0.2) is 29.3 Å². The number of carbonyl (C=O) groups excluding carboxylic acids is 1. The minimum absolute atomic E-state index is 0.302. The van der Waals surface area contributed by atoms with Crippen LogP contribution in [0.1, 0.15) is 24.1 Å². The summed E-state index contributed by atoms with van der Waals surface area (Å²) in [7, 11) is 0. The third-order valence-corrected chi connectivity index (χ3v) is 3.15. The fourth-order valence-corrected chi connectivity index (χ4v) is 2.15. The molecule has 2 unspecified atom stereocenters. The molecule has 2 amide bonds. The average Bonchev–Trinajstić information content (AvgIpc) is 2.64. The molecule has 2 N–H and O–H groups in total. The van der Waals surface area contributed by atoms with Crippen molar-refractivity contribution >= 4 is 11.9 Å². The maximum Gasteiger partial charge on any atom is 0.347 e. The van der Waals surface area contributed by atoms with Gasteiger partial charge in [0.15, 0.2) is 0 Å². The molecule has 2 atom stereocenters. The number of nitrogens with two attached hydrogens (primary N) is 1. The molecule has 1 heterocycles. The normalized spacial score (nSPS) is 20.5. The Morgan fingerprint density at radius 3 is 2.78 bits per heavy atom. The lowest BCUT2D eigenvalue weighted by Crippen LogP contribution is -2.39. The van der Waals surface area contributed by atoms with Gasteiger partial charge in [0.1, 0.15) is 11.9 Å². The van der Waals surface area contributed by atoms with E-state index in [1.54, 1.807) is 6.92 Å². The fourth-order valence-electron chi connectivity index (χ4n) is 2.15. The van der Waals surface area contributed by atoms with Crippen molar-refractivity contribution in [2.24, 2.45) is 10.7 Å². The van der Waals surface area contributed by atoms with Crippen LogP contribution in [0.3, 0.4) is 0 Å². The lowest BCUT2D eigenvalue weighted by Gasteiger charge is -2.28. The van der Waals surface area contributed by atoms with E-state index in [-0.39, 0.29) is 18.1 Å². The Morgan fingerprint density at radius 2 is 2.17 bits per heavy atom. The van der Waals surface area contributed by atoms with E-state index in [9.17, 15) is 4.79 Å². The quantitative estimate of drug-likeness (QED) is 0.803. The number of amidine groups is 1. The highest BCUT2D eigenvalue weighted by molar-refractivity contribution is 6.03. The van der Waals surface area contributed by atoms with E-state index in [0.29, 0.717) is 5.84 Å². The van der Waals surface area contributed by atoms with Crippen molar-refractivity contribution in [1.29, 1.82) is 0 Å². The summed E-state index contributed by atoms with van der Waals surface area (Å²) in [6.45, 7) is 3.77. The molecular weight excluding hydrogens is 226 g/mol. The molecular formula is C14H15N3O. The number of urea groups is 1. The SMILES string of the molecule is C#CC(C)N1C(=O)N=C(N)C1c1ccccc1C. The Labute approximate surface area is 107 Å². The Balaban J connectivity index is 2.48. The van der Waals surface area contributed by atoms with Crippen LogP contribution >= 0.6 is 0 Å². The molecule has 4 heteroatoms. The van der Waals surface area contributed by atoms with Crippen molar-refractivity contribution in [3.8, 4) is 12.3 Å². The molecule has 2 rings (SSSR count). The summed E-state index contributed by atoms with van der Waals surface area (Å²) >= 11 is 0. The summed E-state index contributed by atoms with van der Waals surface area (Å²) in [5.74, 6) is 2.86. The number of benzene rings is 1. The summed E-state index contributed by atoms with van der Waals surface area (Å²) in [6.07, 6.45) is 5.40. The van der Waals surface area contributed by atoms with E-state index < -0.39 is 0 Å². The Morgan fingerprint density at radius 1 is 1.50 bits per heavy atom. The smallest absolute Gasteiger partial charge is 0.347 e. The van der Waals surface area contributed by atoms with Crippen LogP contribution in [0, 0.1) is 19.3 Å². The van der Waals surface area contributed by atoms with Gasteiger partial charge in [-0.2, -0.15) is 4.99 Å². The molecule has 0 radical (unpaired) electrons. The lowest BCUT2D eigenvalue weighted by molar-refractivity contribution is 0.199. The topological polar surface area (TPSA) is 58.7 Å². The molecule has 18 heavy (non-hydrogen) atoms. The molecule has 1 aromatic rings. The summed E-state index contributed by atoms with van der Waals surface area (Å²) in [6, 6.07) is 6.71. The maximum atomic E-state index is 11.8. The first-order valence-corrected chi connectivity index (χ1v) is 5.74. The van der Waals surface area contributed by atoms with Gasteiger partial charge in [0.2, 0.25) is 0 Å². The van der Waals surface area contributed by atoms with Gasteiger partial charge in [-0.15, -0.1) is 6.42 Å². The molecule has 0 bridgehead atoms. The van der Waals surface area contributed by atoms with Gasteiger partial charge in [-0.25, -0.2) is 4.79 Å². The number of rotatable bonds is 2. The van der Waals surface area contributed by atoms with E-state index in [4.69, 9.17) is 12.2 Å². The lowest BCUT2D eigenvalue weighted by atomic mass is 9.99. The third-order valence-electron chi connectivity index (χ3n) is 3.15.